The van der Waals surface area contributed by atoms with Crippen molar-refractivity contribution in [2.75, 3.05) is 0 Å². The highest BCUT2D eigenvalue weighted by molar-refractivity contribution is 5.99. The van der Waals surface area contributed by atoms with Crippen molar-refractivity contribution in [1.29, 1.82) is 0 Å². The second kappa shape index (κ2) is 3.35. The number of nitrogens with two attached hydrogens (primary N) is 1. The average molecular weight is 203 g/mol. The highest BCUT2D eigenvalue weighted by Gasteiger charge is 2.06. The van der Waals surface area contributed by atoms with E-state index in [4.69, 9.17) is 5.73 Å². The molecule has 0 radical (unpaired) electrons. The van der Waals surface area contributed by atoms with E-state index >= 15 is 0 Å². The molecule has 76 valence electrons. The molecular formula is C12H10FNO. The number of benzene rings is 2. The van der Waals surface area contributed by atoms with Gasteiger partial charge in [-0.25, -0.2) is 4.39 Å². The molecule has 0 aliphatic heterocycles. The maximum absolute atomic E-state index is 13.0. The molecule has 0 aliphatic rings. The van der Waals surface area contributed by atoms with E-state index < -0.39 is 5.91 Å². The summed E-state index contributed by atoms with van der Waals surface area (Å²) in [6, 6.07) is 7.92. The van der Waals surface area contributed by atoms with Crippen LogP contribution in [0.3, 0.4) is 0 Å². The van der Waals surface area contributed by atoms with Crippen molar-refractivity contribution in [2.24, 2.45) is 5.73 Å². The molecule has 0 fully saturated rings. The van der Waals surface area contributed by atoms with Crippen LogP contribution in [0.25, 0.3) is 10.8 Å². The number of halogens is 1. The van der Waals surface area contributed by atoms with Gasteiger partial charge in [0, 0.05) is 5.56 Å². The minimum absolute atomic E-state index is 0.318. The van der Waals surface area contributed by atoms with Crippen LogP contribution in [0.4, 0.5) is 4.39 Å². The highest BCUT2D eigenvalue weighted by Crippen LogP contribution is 2.20. The fourth-order valence-corrected chi connectivity index (χ4v) is 1.65. The Labute approximate surface area is 86.5 Å². The van der Waals surface area contributed by atoms with E-state index in [2.05, 4.69) is 0 Å². The topological polar surface area (TPSA) is 43.1 Å². The van der Waals surface area contributed by atoms with Crippen molar-refractivity contribution in [2.45, 2.75) is 6.92 Å². The van der Waals surface area contributed by atoms with Gasteiger partial charge in [0.2, 0.25) is 5.91 Å². The van der Waals surface area contributed by atoms with Gasteiger partial charge in [0.1, 0.15) is 5.82 Å². The average Bonchev–Trinajstić information content (AvgIpc) is 2.17. The molecule has 0 bridgehead atoms. The van der Waals surface area contributed by atoms with Crippen molar-refractivity contribution in [3.05, 3.63) is 47.3 Å². The molecular weight excluding hydrogens is 193 g/mol. The van der Waals surface area contributed by atoms with E-state index in [0.717, 1.165) is 10.9 Å². The number of carbonyl (C=O) groups is 1. The normalized spacial score (nSPS) is 10.5. The zero-order chi connectivity index (χ0) is 11.0. The van der Waals surface area contributed by atoms with Gasteiger partial charge in [-0.2, -0.15) is 0 Å². The number of rotatable bonds is 1. The Kier molecular flexibility index (Phi) is 2.15. The quantitative estimate of drug-likeness (QED) is 0.759. The number of carbonyl (C=O) groups excluding carboxylic acids is 1. The summed E-state index contributed by atoms with van der Waals surface area (Å²) in [6.07, 6.45) is 0. The van der Waals surface area contributed by atoms with E-state index in [0.29, 0.717) is 10.9 Å². The maximum Gasteiger partial charge on any atom is 0.248 e. The van der Waals surface area contributed by atoms with Gasteiger partial charge in [0.25, 0.3) is 0 Å². The fourth-order valence-electron chi connectivity index (χ4n) is 1.65. The lowest BCUT2D eigenvalue weighted by Crippen LogP contribution is -2.12. The number of hydrogen-bond acceptors (Lipinski definition) is 1. The molecule has 0 aliphatic carbocycles. The molecule has 0 unspecified atom stereocenters. The Hall–Kier alpha value is -1.90. The zero-order valence-corrected chi connectivity index (χ0v) is 8.25. The largest absolute Gasteiger partial charge is 0.366 e. The van der Waals surface area contributed by atoms with Crippen molar-refractivity contribution in [1.82, 2.24) is 0 Å². The Morgan fingerprint density at radius 1 is 1.20 bits per heavy atom. The summed E-state index contributed by atoms with van der Waals surface area (Å²) in [5.41, 5.74) is 6.46. The van der Waals surface area contributed by atoms with Crippen molar-refractivity contribution in [3.63, 3.8) is 0 Å². The third-order valence-electron chi connectivity index (χ3n) is 2.41. The number of fused-ring (bicyclic) bond motifs is 1. The number of primary amides is 1. The molecule has 2 N–H and O–H groups in total. The smallest absolute Gasteiger partial charge is 0.248 e. The molecule has 0 aromatic heterocycles. The summed E-state index contributed by atoms with van der Waals surface area (Å²) in [7, 11) is 0. The first-order valence-electron chi connectivity index (χ1n) is 4.57. The van der Waals surface area contributed by atoms with Gasteiger partial charge in [-0.05, 0) is 41.5 Å². The summed E-state index contributed by atoms with van der Waals surface area (Å²) in [5, 5.41) is 1.59. The highest BCUT2D eigenvalue weighted by atomic mass is 19.1. The van der Waals surface area contributed by atoms with Gasteiger partial charge in [-0.3, -0.25) is 4.79 Å². The van der Waals surface area contributed by atoms with Crippen LogP contribution in [0, 0.1) is 12.7 Å². The van der Waals surface area contributed by atoms with Crippen molar-refractivity contribution < 1.29 is 9.18 Å². The monoisotopic (exact) mass is 203 g/mol. The van der Waals surface area contributed by atoms with Crippen molar-refractivity contribution in [3.8, 4) is 0 Å². The van der Waals surface area contributed by atoms with E-state index in [1.165, 1.54) is 12.1 Å². The summed E-state index contributed by atoms with van der Waals surface area (Å²) >= 11 is 0. The Balaban J connectivity index is 2.77. The predicted octanol–water partition coefficient (Wildman–Crippen LogP) is 2.39. The van der Waals surface area contributed by atoms with E-state index in [9.17, 15) is 9.18 Å². The van der Waals surface area contributed by atoms with Gasteiger partial charge < -0.3 is 5.73 Å². The van der Waals surface area contributed by atoms with Gasteiger partial charge in [-0.15, -0.1) is 0 Å². The Morgan fingerprint density at radius 3 is 2.60 bits per heavy atom. The standard InChI is InChI=1S/C12H10FNO/c1-7-4-8-2-3-10(13)5-9(8)6-11(7)12(14)15/h2-6H,1H3,(H2,14,15). The zero-order valence-electron chi connectivity index (χ0n) is 8.25. The van der Waals surface area contributed by atoms with Crippen LogP contribution in [0.1, 0.15) is 15.9 Å². The molecule has 0 saturated heterocycles. The molecule has 2 nitrogen and oxygen atoms in total. The van der Waals surface area contributed by atoms with Gasteiger partial charge in [0.15, 0.2) is 0 Å². The molecule has 2 rings (SSSR count). The molecule has 0 spiro atoms. The van der Waals surface area contributed by atoms with Gasteiger partial charge in [-0.1, -0.05) is 12.1 Å². The molecule has 2 aromatic carbocycles. The lowest BCUT2D eigenvalue weighted by atomic mass is 10.0. The van der Waals surface area contributed by atoms with Crippen LogP contribution in [-0.4, -0.2) is 5.91 Å². The SMILES string of the molecule is Cc1cc2ccc(F)cc2cc1C(N)=O. The van der Waals surface area contributed by atoms with Crippen LogP contribution in [0.2, 0.25) is 0 Å². The third-order valence-corrected chi connectivity index (χ3v) is 2.41. The summed E-state index contributed by atoms with van der Waals surface area (Å²) in [4.78, 5) is 11.1. The second-order valence-corrected chi connectivity index (χ2v) is 3.52. The first-order valence-corrected chi connectivity index (χ1v) is 4.57. The maximum atomic E-state index is 13.0. The summed E-state index contributed by atoms with van der Waals surface area (Å²) in [6.45, 7) is 1.81. The fraction of sp³-hybridized carbons (Fsp3) is 0.0833. The van der Waals surface area contributed by atoms with E-state index in [1.807, 2.05) is 13.0 Å². The van der Waals surface area contributed by atoms with E-state index in [-0.39, 0.29) is 5.82 Å². The summed E-state index contributed by atoms with van der Waals surface area (Å²) < 4.78 is 13.0. The van der Waals surface area contributed by atoms with E-state index in [1.54, 1.807) is 12.1 Å². The third kappa shape index (κ3) is 1.68. The number of amides is 1. The van der Waals surface area contributed by atoms with Gasteiger partial charge in [0.05, 0.1) is 0 Å². The second-order valence-electron chi connectivity index (χ2n) is 3.52. The number of hydrogen-bond donors (Lipinski definition) is 1. The van der Waals surface area contributed by atoms with Crippen molar-refractivity contribution >= 4 is 16.7 Å². The van der Waals surface area contributed by atoms with Crippen LogP contribution in [0.5, 0.6) is 0 Å². The van der Waals surface area contributed by atoms with Crippen LogP contribution in [-0.2, 0) is 0 Å². The molecule has 2 aromatic rings. The lowest BCUT2D eigenvalue weighted by molar-refractivity contribution is 0.1000. The summed E-state index contributed by atoms with van der Waals surface area (Å²) in [5.74, 6) is -0.805. The molecule has 3 heteroatoms. The predicted molar refractivity (Wildman–Crippen MR) is 57.2 cm³/mol. The van der Waals surface area contributed by atoms with Crippen LogP contribution in [0.15, 0.2) is 30.3 Å². The first-order chi connectivity index (χ1) is 7.08. The Bertz CT molecular complexity index is 549. The number of aryl methyl sites for hydroxylation is 1. The first kappa shape index (κ1) is 9.65. The minimum atomic E-state index is -0.487. The van der Waals surface area contributed by atoms with Gasteiger partial charge >= 0.3 is 0 Å². The lowest BCUT2D eigenvalue weighted by Gasteiger charge is -2.04. The van der Waals surface area contributed by atoms with Crippen LogP contribution < -0.4 is 5.73 Å². The molecule has 1 amide bonds. The molecule has 0 saturated carbocycles. The molecule has 15 heavy (non-hydrogen) atoms. The van der Waals surface area contributed by atoms with Crippen LogP contribution >= 0.6 is 0 Å². The minimum Gasteiger partial charge on any atom is -0.366 e. The Morgan fingerprint density at radius 2 is 1.93 bits per heavy atom. The molecule has 0 atom stereocenters. The molecule has 0 heterocycles.